The molecule has 0 aromatic heterocycles. The second-order valence-electron chi connectivity index (χ2n) is 9.35. The van der Waals surface area contributed by atoms with Gasteiger partial charge in [-0.2, -0.15) is 0 Å². The molecule has 0 radical (unpaired) electrons. The quantitative estimate of drug-likeness (QED) is 0.463. The van der Waals surface area contributed by atoms with Crippen molar-refractivity contribution in [2.75, 3.05) is 6.61 Å². The van der Waals surface area contributed by atoms with Crippen molar-refractivity contribution in [2.24, 2.45) is 29.6 Å². The first kappa shape index (κ1) is 19.5. The van der Waals surface area contributed by atoms with Crippen LogP contribution in [0.4, 0.5) is 0 Å². The number of hydrogen-bond donors (Lipinski definition) is 0. The zero-order chi connectivity index (χ0) is 17.5. The molecule has 25 heavy (non-hydrogen) atoms. The first-order valence-electron chi connectivity index (χ1n) is 11.6. The average molecular weight is 347 g/mol. The van der Waals surface area contributed by atoms with Gasteiger partial charge in [0.05, 0.1) is 12.7 Å². The molecule has 0 aromatic carbocycles. The fourth-order valence-electron chi connectivity index (χ4n) is 5.68. The maximum atomic E-state index is 6.34. The topological polar surface area (TPSA) is 9.23 Å². The summed E-state index contributed by atoms with van der Waals surface area (Å²) in [5, 5.41) is 0. The van der Waals surface area contributed by atoms with E-state index in [2.05, 4.69) is 26.0 Å². The molecule has 2 saturated carbocycles. The van der Waals surface area contributed by atoms with Crippen molar-refractivity contribution in [2.45, 2.75) is 103 Å². The number of ether oxygens (including phenoxy) is 1. The van der Waals surface area contributed by atoms with Crippen LogP contribution < -0.4 is 0 Å². The molecular weight excluding hydrogens is 304 g/mol. The number of rotatable bonds is 6. The second kappa shape index (κ2) is 10.1. The van der Waals surface area contributed by atoms with E-state index >= 15 is 0 Å². The molecule has 3 aliphatic rings. The fraction of sp³-hybridized carbons (Fsp3) is 0.917. The van der Waals surface area contributed by atoms with Crippen LogP contribution in [0.15, 0.2) is 12.2 Å². The molecule has 0 amide bonds. The molecule has 0 bridgehead atoms. The van der Waals surface area contributed by atoms with Gasteiger partial charge in [-0.1, -0.05) is 58.1 Å². The molecular formula is C24H42O. The van der Waals surface area contributed by atoms with E-state index in [1.807, 2.05) is 0 Å². The van der Waals surface area contributed by atoms with Gasteiger partial charge in [-0.15, -0.1) is 0 Å². The van der Waals surface area contributed by atoms with Crippen LogP contribution >= 0.6 is 0 Å². The summed E-state index contributed by atoms with van der Waals surface area (Å²) < 4.78 is 6.34. The predicted molar refractivity (Wildman–Crippen MR) is 108 cm³/mol. The van der Waals surface area contributed by atoms with E-state index in [-0.39, 0.29) is 0 Å². The Morgan fingerprint density at radius 1 is 0.720 bits per heavy atom. The van der Waals surface area contributed by atoms with Crippen molar-refractivity contribution in [3.05, 3.63) is 12.2 Å². The van der Waals surface area contributed by atoms with Crippen LogP contribution in [0.25, 0.3) is 0 Å². The molecule has 2 aliphatic carbocycles. The summed E-state index contributed by atoms with van der Waals surface area (Å²) in [6, 6.07) is 0. The molecule has 0 N–H and O–H groups in total. The van der Waals surface area contributed by atoms with Gasteiger partial charge in [-0.05, 0) is 75.0 Å². The summed E-state index contributed by atoms with van der Waals surface area (Å²) in [6.45, 7) is 5.67. The molecule has 2 unspecified atom stereocenters. The van der Waals surface area contributed by atoms with Crippen LogP contribution in [0.2, 0.25) is 0 Å². The van der Waals surface area contributed by atoms with Crippen molar-refractivity contribution in [3.8, 4) is 0 Å². The van der Waals surface area contributed by atoms with Gasteiger partial charge in [0.15, 0.2) is 0 Å². The summed E-state index contributed by atoms with van der Waals surface area (Å²) in [7, 11) is 0. The fourth-order valence-corrected chi connectivity index (χ4v) is 5.68. The summed E-state index contributed by atoms with van der Waals surface area (Å²) >= 11 is 0. The predicted octanol–water partition coefficient (Wildman–Crippen LogP) is 7.16. The highest BCUT2D eigenvalue weighted by Gasteiger charge is 2.30. The SMILES string of the molecule is CCCC1CCC(C=CC2CCC(C3CCC(CC)CC3)OC2)CC1. The third-order valence-corrected chi connectivity index (χ3v) is 7.58. The molecule has 3 fully saturated rings. The monoisotopic (exact) mass is 346 g/mol. The molecule has 2 atom stereocenters. The number of allylic oxidation sites excluding steroid dienone is 1. The highest BCUT2D eigenvalue weighted by atomic mass is 16.5. The molecule has 144 valence electrons. The lowest BCUT2D eigenvalue weighted by atomic mass is 9.76. The van der Waals surface area contributed by atoms with Gasteiger partial charge in [-0.3, -0.25) is 0 Å². The lowest BCUT2D eigenvalue weighted by Gasteiger charge is -2.37. The van der Waals surface area contributed by atoms with Gasteiger partial charge in [0.2, 0.25) is 0 Å². The maximum absolute atomic E-state index is 6.34. The van der Waals surface area contributed by atoms with E-state index < -0.39 is 0 Å². The Labute approximate surface area is 157 Å². The molecule has 1 heterocycles. The van der Waals surface area contributed by atoms with Gasteiger partial charge < -0.3 is 4.74 Å². The third kappa shape index (κ3) is 5.84. The lowest BCUT2D eigenvalue weighted by molar-refractivity contribution is -0.0492. The zero-order valence-corrected chi connectivity index (χ0v) is 16.9. The molecule has 1 saturated heterocycles. The van der Waals surface area contributed by atoms with E-state index in [0.29, 0.717) is 12.0 Å². The van der Waals surface area contributed by atoms with Gasteiger partial charge in [0, 0.05) is 5.92 Å². The standard InChI is InChI=1S/C24H42O/c1-3-5-20-6-8-21(9-7-20)10-11-22-14-17-24(25-18-22)23-15-12-19(4-2)13-16-23/h10-11,19-24H,3-9,12-18H2,1-2H3. The Hall–Kier alpha value is -0.300. The van der Waals surface area contributed by atoms with Crippen molar-refractivity contribution in [1.29, 1.82) is 0 Å². The Bertz CT molecular complexity index is 377. The summed E-state index contributed by atoms with van der Waals surface area (Å²) in [5.74, 6) is 4.44. The minimum absolute atomic E-state index is 0.576. The Kier molecular flexibility index (Phi) is 7.90. The summed E-state index contributed by atoms with van der Waals surface area (Å²) in [5.41, 5.74) is 0. The van der Waals surface area contributed by atoms with E-state index in [1.54, 1.807) is 0 Å². The van der Waals surface area contributed by atoms with Crippen LogP contribution in [-0.2, 0) is 4.74 Å². The van der Waals surface area contributed by atoms with Crippen molar-refractivity contribution in [3.63, 3.8) is 0 Å². The van der Waals surface area contributed by atoms with Crippen LogP contribution in [0.5, 0.6) is 0 Å². The smallest absolute Gasteiger partial charge is 0.0603 e. The van der Waals surface area contributed by atoms with Crippen molar-refractivity contribution >= 4 is 0 Å². The summed E-state index contributed by atoms with van der Waals surface area (Å²) in [4.78, 5) is 0. The van der Waals surface area contributed by atoms with Crippen LogP contribution in [-0.4, -0.2) is 12.7 Å². The highest BCUT2D eigenvalue weighted by molar-refractivity contribution is 4.96. The van der Waals surface area contributed by atoms with E-state index in [4.69, 9.17) is 4.74 Å². The summed E-state index contributed by atoms with van der Waals surface area (Å²) in [6.07, 6.45) is 24.1. The van der Waals surface area contributed by atoms with Crippen LogP contribution in [0.3, 0.4) is 0 Å². The van der Waals surface area contributed by atoms with E-state index in [0.717, 1.165) is 30.3 Å². The lowest BCUT2D eigenvalue weighted by Crippen LogP contribution is -2.33. The Balaban J connectivity index is 1.34. The van der Waals surface area contributed by atoms with Crippen molar-refractivity contribution in [1.82, 2.24) is 0 Å². The minimum Gasteiger partial charge on any atom is -0.377 e. The van der Waals surface area contributed by atoms with Gasteiger partial charge in [-0.25, -0.2) is 0 Å². The van der Waals surface area contributed by atoms with E-state index in [1.165, 1.54) is 83.5 Å². The average Bonchev–Trinajstić information content (AvgIpc) is 2.68. The van der Waals surface area contributed by atoms with Gasteiger partial charge in [0.1, 0.15) is 0 Å². The third-order valence-electron chi connectivity index (χ3n) is 7.58. The zero-order valence-electron chi connectivity index (χ0n) is 16.9. The normalized spacial score (nSPS) is 40.4. The Morgan fingerprint density at radius 2 is 1.36 bits per heavy atom. The molecule has 0 spiro atoms. The van der Waals surface area contributed by atoms with Crippen molar-refractivity contribution < 1.29 is 4.74 Å². The molecule has 0 aromatic rings. The molecule has 3 rings (SSSR count). The van der Waals surface area contributed by atoms with E-state index in [9.17, 15) is 0 Å². The second-order valence-corrected chi connectivity index (χ2v) is 9.35. The van der Waals surface area contributed by atoms with Gasteiger partial charge >= 0.3 is 0 Å². The maximum Gasteiger partial charge on any atom is 0.0603 e. The highest BCUT2D eigenvalue weighted by Crippen LogP contribution is 2.37. The molecule has 1 heteroatoms. The largest absolute Gasteiger partial charge is 0.377 e. The Morgan fingerprint density at radius 3 is 1.96 bits per heavy atom. The van der Waals surface area contributed by atoms with Gasteiger partial charge in [0.25, 0.3) is 0 Å². The number of hydrogen-bond acceptors (Lipinski definition) is 1. The minimum atomic E-state index is 0.576. The molecule has 1 nitrogen and oxygen atoms in total. The van der Waals surface area contributed by atoms with Crippen LogP contribution in [0.1, 0.15) is 97.3 Å². The molecule has 1 aliphatic heterocycles. The first-order chi connectivity index (χ1) is 12.3. The first-order valence-corrected chi connectivity index (χ1v) is 11.6. The van der Waals surface area contributed by atoms with Crippen LogP contribution in [0, 0.1) is 29.6 Å².